The van der Waals surface area contributed by atoms with Crippen LogP contribution in [0, 0.1) is 6.92 Å². The largest absolute Gasteiger partial charge is 0.464 e. The highest BCUT2D eigenvalue weighted by molar-refractivity contribution is 6.21. The van der Waals surface area contributed by atoms with Crippen LogP contribution >= 0.6 is 0 Å². The number of nitrogens with two attached hydrogens (primary N) is 1. The molecule has 2 aromatic rings. The summed E-state index contributed by atoms with van der Waals surface area (Å²) in [5, 5.41) is 0. The number of nitrogens with zero attached hydrogens (tertiary/aromatic N) is 1. The van der Waals surface area contributed by atoms with Gasteiger partial charge in [0.05, 0.1) is 23.2 Å². The summed E-state index contributed by atoms with van der Waals surface area (Å²) in [7, 11) is 0. The number of amides is 3. The summed E-state index contributed by atoms with van der Waals surface area (Å²) in [6.07, 6.45) is 0. The maximum absolute atomic E-state index is 12.3. The van der Waals surface area contributed by atoms with Gasteiger partial charge in [-0.2, -0.15) is 0 Å². The van der Waals surface area contributed by atoms with E-state index in [1.54, 1.807) is 31.2 Å². The predicted molar refractivity (Wildman–Crippen MR) is 75.7 cm³/mol. The van der Waals surface area contributed by atoms with E-state index in [1.165, 1.54) is 6.07 Å². The molecule has 2 heterocycles. The summed E-state index contributed by atoms with van der Waals surface area (Å²) >= 11 is 0. The van der Waals surface area contributed by atoms with Crippen molar-refractivity contribution in [3.05, 3.63) is 58.5 Å². The van der Waals surface area contributed by atoms with Crippen LogP contribution in [0.4, 0.5) is 0 Å². The van der Waals surface area contributed by atoms with Crippen molar-refractivity contribution >= 4 is 17.7 Å². The molecule has 1 aliphatic heterocycles. The summed E-state index contributed by atoms with van der Waals surface area (Å²) in [4.78, 5) is 37.2. The van der Waals surface area contributed by atoms with Gasteiger partial charge in [0.15, 0.2) is 0 Å². The van der Waals surface area contributed by atoms with E-state index >= 15 is 0 Å². The van der Waals surface area contributed by atoms with Crippen LogP contribution in [0.2, 0.25) is 0 Å². The van der Waals surface area contributed by atoms with E-state index < -0.39 is 5.91 Å². The molecule has 0 fully saturated rings. The van der Waals surface area contributed by atoms with Gasteiger partial charge in [0.1, 0.15) is 11.5 Å². The number of benzene rings is 1. The predicted octanol–water partition coefficient (Wildman–Crippen LogP) is 0.988. The van der Waals surface area contributed by atoms with Gasteiger partial charge in [-0.1, -0.05) is 12.1 Å². The fourth-order valence-electron chi connectivity index (χ4n) is 2.46. The Morgan fingerprint density at radius 1 is 1.23 bits per heavy atom. The lowest BCUT2D eigenvalue weighted by molar-refractivity contribution is 0.0630. The normalized spacial score (nSPS) is 13.5. The van der Waals surface area contributed by atoms with Crippen molar-refractivity contribution in [3.8, 4) is 0 Å². The van der Waals surface area contributed by atoms with E-state index in [0.29, 0.717) is 22.6 Å². The molecule has 112 valence electrons. The molecule has 0 saturated carbocycles. The van der Waals surface area contributed by atoms with E-state index in [4.69, 9.17) is 10.3 Å². The Morgan fingerprint density at radius 3 is 2.36 bits per heavy atom. The van der Waals surface area contributed by atoms with Crippen molar-refractivity contribution in [2.75, 3.05) is 0 Å². The van der Waals surface area contributed by atoms with Crippen LogP contribution in [0.3, 0.4) is 0 Å². The third kappa shape index (κ3) is 2.08. The lowest BCUT2D eigenvalue weighted by Crippen LogP contribution is -2.30. The number of hydrogen-bond acceptors (Lipinski definition) is 5. The summed E-state index contributed by atoms with van der Waals surface area (Å²) in [5.74, 6) is 4.55. The summed E-state index contributed by atoms with van der Waals surface area (Å²) in [5.41, 5.74) is 3.03. The van der Waals surface area contributed by atoms with Crippen molar-refractivity contribution in [3.63, 3.8) is 0 Å². The third-order valence-electron chi connectivity index (χ3n) is 3.54. The molecular weight excluding hydrogens is 286 g/mol. The second-order valence-electron chi connectivity index (χ2n) is 4.90. The van der Waals surface area contributed by atoms with Crippen molar-refractivity contribution in [1.82, 2.24) is 10.3 Å². The molecule has 0 saturated heterocycles. The zero-order valence-electron chi connectivity index (χ0n) is 11.8. The van der Waals surface area contributed by atoms with Crippen LogP contribution < -0.4 is 11.3 Å². The monoisotopic (exact) mass is 299 g/mol. The molecule has 3 rings (SSSR count). The number of aryl methyl sites for hydroxylation is 1. The molecule has 1 aliphatic rings. The van der Waals surface area contributed by atoms with Crippen molar-refractivity contribution < 1.29 is 18.8 Å². The Kier molecular flexibility index (Phi) is 3.26. The molecule has 7 nitrogen and oxygen atoms in total. The molecule has 0 radical (unpaired) electrons. The first kappa shape index (κ1) is 14.0. The van der Waals surface area contributed by atoms with Gasteiger partial charge in [0, 0.05) is 0 Å². The molecule has 22 heavy (non-hydrogen) atoms. The van der Waals surface area contributed by atoms with Crippen LogP contribution in [0.15, 0.2) is 34.7 Å². The minimum absolute atomic E-state index is 0.0367. The summed E-state index contributed by atoms with van der Waals surface area (Å²) < 4.78 is 5.43. The number of carbonyl (C=O) groups is 3. The topological polar surface area (TPSA) is 106 Å². The smallest absolute Gasteiger partial charge is 0.268 e. The molecular formula is C15H13N3O4. The van der Waals surface area contributed by atoms with Gasteiger partial charge in [-0.15, -0.1) is 0 Å². The minimum Gasteiger partial charge on any atom is -0.464 e. The highest BCUT2D eigenvalue weighted by Gasteiger charge is 2.35. The van der Waals surface area contributed by atoms with Crippen LogP contribution in [0.1, 0.15) is 42.6 Å². The number of imide groups is 1. The van der Waals surface area contributed by atoms with Crippen molar-refractivity contribution in [1.29, 1.82) is 0 Å². The SMILES string of the molecule is Cc1oc(CN2C(=O)c3ccccc3C2=O)cc1C(=O)NN. The molecule has 0 aliphatic carbocycles. The lowest BCUT2D eigenvalue weighted by Gasteiger charge is -2.11. The molecule has 3 N–H and O–H groups in total. The summed E-state index contributed by atoms with van der Waals surface area (Å²) in [6.45, 7) is 1.57. The van der Waals surface area contributed by atoms with E-state index in [-0.39, 0.29) is 23.9 Å². The fraction of sp³-hybridized carbons (Fsp3) is 0.133. The number of carbonyl (C=O) groups excluding carboxylic acids is 3. The molecule has 7 heteroatoms. The first-order chi connectivity index (χ1) is 10.5. The second kappa shape index (κ2) is 5.12. The van der Waals surface area contributed by atoms with Crippen LogP contribution in [-0.4, -0.2) is 22.6 Å². The first-order valence-corrected chi connectivity index (χ1v) is 6.58. The third-order valence-corrected chi connectivity index (χ3v) is 3.54. The average Bonchev–Trinajstić information content (AvgIpc) is 3.01. The fourth-order valence-corrected chi connectivity index (χ4v) is 2.46. The molecule has 0 spiro atoms. The van der Waals surface area contributed by atoms with E-state index in [1.807, 2.05) is 5.43 Å². The Balaban J connectivity index is 1.88. The summed E-state index contributed by atoms with van der Waals surface area (Å²) in [6, 6.07) is 8.09. The zero-order chi connectivity index (χ0) is 15.9. The maximum Gasteiger partial charge on any atom is 0.268 e. The molecule has 3 amide bonds. The Morgan fingerprint density at radius 2 is 1.82 bits per heavy atom. The van der Waals surface area contributed by atoms with Gasteiger partial charge in [-0.3, -0.25) is 24.7 Å². The van der Waals surface area contributed by atoms with Crippen molar-refractivity contribution in [2.45, 2.75) is 13.5 Å². The Bertz CT molecular complexity index is 759. The number of rotatable bonds is 3. The van der Waals surface area contributed by atoms with Crippen LogP contribution in [0.25, 0.3) is 0 Å². The highest BCUT2D eigenvalue weighted by atomic mass is 16.3. The molecule has 1 aromatic carbocycles. The highest BCUT2D eigenvalue weighted by Crippen LogP contribution is 2.25. The van der Waals surface area contributed by atoms with Gasteiger partial charge in [0.25, 0.3) is 17.7 Å². The number of furan rings is 1. The molecule has 0 bridgehead atoms. The number of nitrogen functional groups attached to an aromatic ring is 1. The molecule has 0 unspecified atom stereocenters. The Hall–Kier alpha value is -2.93. The van der Waals surface area contributed by atoms with Gasteiger partial charge in [-0.05, 0) is 25.1 Å². The lowest BCUT2D eigenvalue weighted by atomic mass is 10.1. The number of hydrazine groups is 1. The van der Waals surface area contributed by atoms with Gasteiger partial charge < -0.3 is 4.42 Å². The number of hydrogen-bond donors (Lipinski definition) is 2. The van der Waals surface area contributed by atoms with Crippen LogP contribution in [0.5, 0.6) is 0 Å². The standard InChI is InChI=1S/C15H13N3O4/c1-8-12(13(19)17-16)6-9(22-8)7-18-14(20)10-4-2-3-5-11(10)15(18)21/h2-6H,7,16H2,1H3,(H,17,19). The number of fused-ring (bicyclic) bond motifs is 1. The zero-order valence-corrected chi connectivity index (χ0v) is 11.8. The molecule has 1 aromatic heterocycles. The van der Waals surface area contributed by atoms with E-state index in [9.17, 15) is 14.4 Å². The van der Waals surface area contributed by atoms with Gasteiger partial charge >= 0.3 is 0 Å². The molecule has 0 atom stereocenters. The van der Waals surface area contributed by atoms with Gasteiger partial charge in [-0.25, -0.2) is 5.84 Å². The quantitative estimate of drug-likeness (QED) is 0.380. The van der Waals surface area contributed by atoms with Crippen molar-refractivity contribution in [2.24, 2.45) is 5.84 Å². The second-order valence-corrected chi connectivity index (χ2v) is 4.90. The van der Waals surface area contributed by atoms with E-state index in [2.05, 4.69) is 0 Å². The average molecular weight is 299 g/mol. The van der Waals surface area contributed by atoms with Gasteiger partial charge in [0.2, 0.25) is 0 Å². The first-order valence-electron chi connectivity index (χ1n) is 6.58. The maximum atomic E-state index is 12.3. The van der Waals surface area contributed by atoms with Crippen LogP contribution in [-0.2, 0) is 6.54 Å². The number of nitrogens with one attached hydrogen (secondary N) is 1. The minimum atomic E-state index is -0.491. The Labute approximate surface area is 125 Å². The van der Waals surface area contributed by atoms with E-state index in [0.717, 1.165) is 4.90 Å².